The summed E-state index contributed by atoms with van der Waals surface area (Å²) in [5.74, 6) is 0.444. The Kier molecular flexibility index (Phi) is 6.63. The smallest absolute Gasteiger partial charge is 0.272 e. The summed E-state index contributed by atoms with van der Waals surface area (Å²) in [4.78, 5) is 31.4. The van der Waals surface area contributed by atoms with E-state index in [0.29, 0.717) is 32.9 Å². The molecular weight excluding hydrogens is 463 g/mol. The Morgan fingerprint density at radius 3 is 2.52 bits per heavy atom. The van der Waals surface area contributed by atoms with Crippen LogP contribution >= 0.6 is 23.2 Å². The van der Waals surface area contributed by atoms with E-state index in [1.165, 1.54) is 13.2 Å². The van der Waals surface area contributed by atoms with Crippen molar-refractivity contribution < 1.29 is 14.3 Å². The zero-order valence-electron chi connectivity index (χ0n) is 17.4. The van der Waals surface area contributed by atoms with Gasteiger partial charge in [-0.1, -0.05) is 35.3 Å². The second-order valence-electron chi connectivity index (χ2n) is 6.97. The second-order valence-corrected chi connectivity index (χ2v) is 7.79. The molecule has 0 atom stereocenters. The molecule has 0 unspecified atom stereocenters. The summed E-state index contributed by atoms with van der Waals surface area (Å²) in [7, 11) is 1.54. The summed E-state index contributed by atoms with van der Waals surface area (Å²) in [6.45, 7) is 0. The molecule has 0 saturated heterocycles. The number of carbonyl (C=O) groups is 2. The summed E-state index contributed by atoms with van der Waals surface area (Å²) < 4.78 is 5.90. The van der Waals surface area contributed by atoms with Crippen molar-refractivity contribution in [3.05, 3.63) is 94.5 Å². The van der Waals surface area contributed by atoms with Crippen molar-refractivity contribution in [2.45, 2.75) is 0 Å². The predicted molar refractivity (Wildman–Crippen MR) is 128 cm³/mol. The maximum atomic E-state index is 12.6. The molecule has 0 aliphatic heterocycles. The first-order valence-electron chi connectivity index (χ1n) is 9.84. The minimum absolute atomic E-state index is 0.259. The van der Waals surface area contributed by atoms with Crippen LogP contribution in [0.2, 0.25) is 10.0 Å². The second kappa shape index (κ2) is 9.77. The molecule has 7 nitrogen and oxygen atoms in total. The highest BCUT2D eigenvalue weighted by Gasteiger charge is 2.12. The monoisotopic (exact) mass is 480 g/mol. The summed E-state index contributed by atoms with van der Waals surface area (Å²) in [5, 5.41) is 6.08. The van der Waals surface area contributed by atoms with E-state index in [4.69, 9.17) is 27.9 Å². The largest absolute Gasteiger partial charge is 0.457 e. The zero-order valence-corrected chi connectivity index (χ0v) is 18.9. The lowest BCUT2D eigenvalue weighted by atomic mass is 10.1. The van der Waals surface area contributed by atoms with Gasteiger partial charge in [0.15, 0.2) is 0 Å². The number of benzene rings is 2. The Balaban J connectivity index is 1.49. The predicted octanol–water partition coefficient (Wildman–Crippen LogP) is 5.79. The van der Waals surface area contributed by atoms with Crippen molar-refractivity contribution in [1.29, 1.82) is 0 Å². The van der Waals surface area contributed by atoms with Crippen LogP contribution in [0.15, 0.2) is 73.1 Å². The fraction of sp³-hybridized carbons (Fsp3) is 0.0417. The molecule has 0 fully saturated rings. The van der Waals surface area contributed by atoms with E-state index >= 15 is 0 Å². The van der Waals surface area contributed by atoms with Crippen LogP contribution in [0.25, 0.3) is 11.1 Å². The number of aromatic nitrogens is 2. The first kappa shape index (κ1) is 22.4. The van der Waals surface area contributed by atoms with Crippen LogP contribution in [0.4, 0.5) is 5.69 Å². The number of hydrogen-bond donors (Lipinski definition) is 3. The van der Waals surface area contributed by atoms with Gasteiger partial charge in [0.25, 0.3) is 11.8 Å². The first-order chi connectivity index (χ1) is 15.9. The first-order valence-corrected chi connectivity index (χ1v) is 10.6. The van der Waals surface area contributed by atoms with E-state index in [2.05, 4.69) is 20.6 Å². The number of nitrogens with one attached hydrogen (secondary N) is 3. The highest BCUT2D eigenvalue weighted by molar-refractivity contribution is 6.42. The number of carbonyl (C=O) groups excluding carboxylic acids is 2. The van der Waals surface area contributed by atoms with Crippen molar-refractivity contribution in [3.8, 4) is 22.6 Å². The van der Waals surface area contributed by atoms with Gasteiger partial charge in [0.05, 0.1) is 10.0 Å². The number of nitrogens with zero attached hydrogens (tertiary/aromatic N) is 1. The molecule has 0 radical (unpaired) electrons. The average molecular weight is 481 g/mol. The number of ether oxygens (including phenoxy) is 1. The molecule has 4 rings (SSSR count). The van der Waals surface area contributed by atoms with E-state index in [1.807, 2.05) is 18.2 Å². The van der Waals surface area contributed by atoms with Crippen LogP contribution in [0, 0.1) is 0 Å². The van der Waals surface area contributed by atoms with Crippen LogP contribution in [-0.2, 0) is 0 Å². The van der Waals surface area contributed by atoms with Gasteiger partial charge in [-0.3, -0.25) is 14.6 Å². The number of amides is 2. The number of H-pyrrole nitrogens is 1. The van der Waals surface area contributed by atoms with Gasteiger partial charge in [-0.2, -0.15) is 0 Å². The van der Waals surface area contributed by atoms with Gasteiger partial charge in [0, 0.05) is 36.8 Å². The Hall–Kier alpha value is -3.81. The summed E-state index contributed by atoms with van der Waals surface area (Å²) in [6, 6.07) is 17.2. The van der Waals surface area contributed by atoms with Crippen LogP contribution in [0.1, 0.15) is 21.0 Å². The number of anilines is 1. The molecule has 0 aliphatic rings. The van der Waals surface area contributed by atoms with Crippen molar-refractivity contribution in [3.63, 3.8) is 0 Å². The van der Waals surface area contributed by atoms with Gasteiger partial charge >= 0.3 is 0 Å². The molecule has 0 spiro atoms. The minimum atomic E-state index is -0.314. The van der Waals surface area contributed by atoms with Gasteiger partial charge in [0.1, 0.15) is 22.9 Å². The third-order valence-electron chi connectivity index (χ3n) is 4.70. The fourth-order valence-corrected chi connectivity index (χ4v) is 3.36. The quantitative estimate of drug-likeness (QED) is 0.325. The van der Waals surface area contributed by atoms with E-state index < -0.39 is 0 Å². The number of aromatic amines is 1. The van der Waals surface area contributed by atoms with Crippen LogP contribution in [0.5, 0.6) is 11.5 Å². The van der Waals surface area contributed by atoms with Crippen LogP contribution in [-0.4, -0.2) is 28.8 Å². The van der Waals surface area contributed by atoms with Gasteiger partial charge in [0.2, 0.25) is 0 Å². The Labute approximate surface area is 199 Å². The molecule has 2 aromatic heterocycles. The van der Waals surface area contributed by atoms with Crippen LogP contribution in [0.3, 0.4) is 0 Å². The standard InChI is InChI=1S/C24H18Cl2N4O3/c1-27-23(31)22-12-18(7-8-28-22)33-17-4-2-3-14(9-17)15-10-21(29-13-15)24(32)30-16-5-6-19(25)20(26)11-16/h2-13,29H,1H3,(H,27,31)(H,30,32). The molecule has 2 heterocycles. The lowest BCUT2D eigenvalue weighted by Gasteiger charge is -2.08. The van der Waals surface area contributed by atoms with E-state index in [-0.39, 0.29) is 17.5 Å². The number of hydrogen-bond acceptors (Lipinski definition) is 4. The van der Waals surface area contributed by atoms with Crippen molar-refractivity contribution in [2.75, 3.05) is 12.4 Å². The third-order valence-corrected chi connectivity index (χ3v) is 5.44. The molecule has 0 bridgehead atoms. The maximum Gasteiger partial charge on any atom is 0.272 e. The Bertz CT molecular complexity index is 1340. The van der Waals surface area contributed by atoms with E-state index in [1.54, 1.807) is 48.7 Å². The van der Waals surface area contributed by atoms with Crippen molar-refractivity contribution >= 4 is 40.7 Å². The lowest BCUT2D eigenvalue weighted by Crippen LogP contribution is -2.18. The number of rotatable bonds is 6. The summed E-state index contributed by atoms with van der Waals surface area (Å²) in [5.41, 5.74) is 2.83. The van der Waals surface area contributed by atoms with E-state index in [9.17, 15) is 9.59 Å². The normalized spacial score (nSPS) is 10.5. The Morgan fingerprint density at radius 2 is 1.73 bits per heavy atom. The number of pyridine rings is 1. The Morgan fingerprint density at radius 1 is 0.909 bits per heavy atom. The topological polar surface area (TPSA) is 96.1 Å². The summed E-state index contributed by atoms with van der Waals surface area (Å²) >= 11 is 11.9. The van der Waals surface area contributed by atoms with Gasteiger partial charge in [-0.15, -0.1) is 0 Å². The highest BCUT2D eigenvalue weighted by Crippen LogP contribution is 2.29. The van der Waals surface area contributed by atoms with Crippen molar-refractivity contribution in [2.24, 2.45) is 0 Å². The fourth-order valence-electron chi connectivity index (χ4n) is 3.07. The van der Waals surface area contributed by atoms with Crippen LogP contribution < -0.4 is 15.4 Å². The SMILES string of the molecule is CNC(=O)c1cc(Oc2cccc(-c3c[nH]c(C(=O)Nc4ccc(Cl)c(Cl)c4)c3)c2)ccn1. The lowest BCUT2D eigenvalue weighted by molar-refractivity contribution is 0.0957. The summed E-state index contributed by atoms with van der Waals surface area (Å²) in [6.07, 6.45) is 3.24. The minimum Gasteiger partial charge on any atom is -0.457 e. The molecule has 9 heteroatoms. The average Bonchev–Trinajstić information content (AvgIpc) is 3.32. The number of halogens is 2. The molecule has 0 saturated carbocycles. The molecule has 2 aromatic carbocycles. The molecular formula is C24H18Cl2N4O3. The zero-order chi connectivity index (χ0) is 23.4. The molecule has 166 valence electrons. The molecule has 2 amide bonds. The molecule has 4 aromatic rings. The van der Waals surface area contributed by atoms with Crippen molar-refractivity contribution in [1.82, 2.24) is 15.3 Å². The third kappa shape index (κ3) is 5.34. The molecule has 0 aliphatic carbocycles. The highest BCUT2D eigenvalue weighted by atomic mass is 35.5. The van der Waals surface area contributed by atoms with E-state index in [0.717, 1.165) is 11.1 Å². The molecule has 3 N–H and O–H groups in total. The van der Waals surface area contributed by atoms with Gasteiger partial charge in [-0.25, -0.2) is 0 Å². The maximum absolute atomic E-state index is 12.6. The van der Waals surface area contributed by atoms with Gasteiger partial charge in [-0.05, 0) is 48.0 Å². The molecule has 33 heavy (non-hydrogen) atoms. The van der Waals surface area contributed by atoms with Gasteiger partial charge < -0.3 is 20.4 Å².